The molecule has 5 heteroatoms. The SMILES string of the molecule is O=C(c1ccc(F)cc1F)N1C2CCC1CC(Br)C2. The van der Waals surface area contributed by atoms with Crippen LogP contribution in [0.25, 0.3) is 0 Å². The first-order valence-corrected chi connectivity index (χ1v) is 7.39. The number of carbonyl (C=O) groups is 1. The number of piperidine rings is 1. The first kappa shape index (κ1) is 13.0. The number of amides is 1. The Balaban J connectivity index is 1.88. The van der Waals surface area contributed by atoms with Crippen LogP contribution >= 0.6 is 15.9 Å². The standard InChI is InChI=1S/C14H14BrF2NO/c15-8-5-10-2-3-11(6-8)18(10)14(19)12-4-1-9(16)7-13(12)17/h1,4,7-8,10-11H,2-3,5-6H2. The molecule has 1 aromatic carbocycles. The molecular weight excluding hydrogens is 316 g/mol. The van der Waals surface area contributed by atoms with E-state index in [0.29, 0.717) is 4.83 Å². The van der Waals surface area contributed by atoms with E-state index in [0.717, 1.165) is 37.8 Å². The Morgan fingerprint density at radius 2 is 1.84 bits per heavy atom. The Bertz CT molecular complexity index is 508. The molecule has 0 saturated carbocycles. The first-order chi connectivity index (χ1) is 9.06. The summed E-state index contributed by atoms with van der Waals surface area (Å²) in [4.78, 5) is 14.7. The van der Waals surface area contributed by atoms with Crippen LogP contribution in [0.15, 0.2) is 18.2 Å². The molecule has 2 unspecified atom stereocenters. The van der Waals surface area contributed by atoms with Gasteiger partial charge in [0, 0.05) is 23.0 Å². The Morgan fingerprint density at radius 3 is 2.42 bits per heavy atom. The van der Waals surface area contributed by atoms with Crippen LogP contribution in [0.1, 0.15) is 36.0 Å². The number of rotatable bonds is 1. The first-order valence-electron chi connectivity index (χ1n) is 6.48. The number of alkyl halides is 1. The molecule has 2 aliphatic heterocycles. The van der Waals surface area contributed by atoms with Gasteiger partial charge in [-0.25, -0.2) is 8.78 Å². The number of halogens is 3. The molecule has 0 radical (unpaired) electrons. The third kappa shape index (κ3) is 2.29. The van der Waals surface area contributed by atoms with Gasteiger partial charge in [0.2, 0.25) is 0 Å². The number of nitrogens with zero attached hydrogens (tertiary/aromatic N) is 1. The van der Waals surface area contributed by atoms with Crippen LogP contribution in [-0.4, -0.2) is 27.7 Å². The smallest absolute Gasteiger partial charge is 0.257 e. The van der Waals surface area contributed by atoms with Gasteiger partial charge >= 0.3 is 0 Å². The van der Waals surface area contributed by atoms with E-state index in [2.05, 4.69) is 15.9 Å². The fourth-order valence-electron chi connectivity index (χ4n) is 3.24. The van der Waals surface area contributed by atoms with Crippen molar-refractivity contribution in [3.05, 3.63) is 35.4 Å². The van der Waals surface area contributed by atoms with Gasteiger partial charge in [0.15, 0.2) is 0 Å². The summed E-state index contributed by atoms with van der Waals surface area (Å²) >= 11 is 3.60. The van der Waals surface area contributed by atoms with Crippen LogP contribution in [0.3, 0.4) is 0 Å². The zero-order valence-corrected chi connectivity index (χ0v) is 11.9. The Morgan fingerprint density at radius 1 is 1.21 bits per heavy atom. The number of hydrogen-bond donors (Lipinski definition) is 0. The molecule has 1 aromatic rings. The Labute approximate surface area is 118 Å². The van der Waals surface area contributed by atoms with E-state index in [1.54, 1.807) is 4.90 Å². The van der Waals surface area contributed by atoms with Gasteiger partial charge in [-0.05, 0) is 37.8 Å². The molecule has 0 aliphatic carbocycles. The molecule has 0 spiro atoms. The molecule has 2 saturated heterocycles. The van der Waals surface area contributed by atoms with Gasteiger partial charge in [0.25, 0.3) is 5.91 Å². The highest BCUT2D eigenvalue weighted by atomic mass is 79.9. The van der Waals surface area contributed by atoms with Crippen molar-refractivity contribution in [1.82, 2.24) is 4.90 Å². The molecule has 0 N–H and O–H groups in total. The summed E-state index contributed by atoms with van der Waals surface area (Å²) < 4.78 is 26.6. The summed E-state index contributed by atoms with van der Waals surface area (Å²) in [5, 5.41) is 0. The van der Waals surface area contributed by atoms with E-state index in [1.165, 1.54) is 6.07 Å². The van der Waals surface area contributed by atoms with Crippen LogP contribution in [0.2, 0.25) is 0 Å². The number of carbonyl (C=O) groups excluding carboxylic acids is 1. The summed E-state index contributed by atoms with van der Waals surface area (Å²) in [6.07, 6.45) is 3.76. The highest BCUT2D eigenvalue weighted by molar-refractivity contribution is 9.09. The topological polar surface area (TPSA) is 20.3 Å². The molecular formula is C14H14BrF2NO. The molecule has 2 aliphatic rings. The Hall–Kier alpha value is -0.970. The van der Waals surface area contributed by atoms with E-state index in [4.69, 9.17) is 0 Å². The van der Waals surface area contributed by atoms with Crippen molar-refractivity contribution in [1.29, 1.82) is 0 Å². The normalized spacial score (nSPS) is 29.6. The highest BCUT2D eigenvalue weighted by Crippen LogP contribution is 2.39. The molecule has 0 aromatic heterocycles. The van der Waals surface area contributed by atoms with Gasteiger partial charge in [-0.15, -0.1) is 0 Å². The second-order valence-electron chi connectivity index (χ2n) is 5.29. The van der Waals surface area contributed by atoms with Gasteiger partial charge in [-0.2, -0.15) is 0 Å². The maximum absolute atomic E-state index is 13.7. The average Bonchev–Trinajstić information content (AvgIpc) is 2.61. The lowest BCUT2D eigenvalue weighted by Gasteiger charge is -2.37. The molecule has 102 valence electrons. The molecule has 2 heterocycles. The molecule has 2 bridgehead atoms. The summed E-state index contributed by atoms with van der Waals surface area (Å²) in [6, 6.07) is 3.51. The quantitative estimate of drug-likeness (QED) is 0.722. The van der Waals surface area contributed by atoms with Crippen LogP contribution in [0.4, 0.5) is 8.78 Å². The van der Waals surface area contributed by atoms with Gasteiger partial charge in [0.1, 0.15) is 11.6 Å². The number of hydrogen-bond acceptors (Lipinski definition) is 1. The average molecular weight is 330 g/mol. The molecule has 2 nitrogen and oxygen atoms in total. The minimum Gasteiger partial charge on any atom is -0.333 e. The minimum absolute atomic E-state index is 0.0219. The van der Waals surface area contributed by atoms with E-state index in [9.17, 15) is 13.6 Å². The molecule has 19 heavy (non-hydrogen) atoms. The van der Waals surface area contributed by atoms with Gasteiger partial charge in [-0.1, -0.05) is 15.9 Å². The van der Waals surface area contributed by atoms with E-state index in [-0.39, 0.29) is 23.6 Å². The third-order valence-electron chi connectivity index (χ3n) is 4.07. The summed E-state index contributed by atoms with van der Waals surface area (Å²) in [6.45, 7) is 0. The van der Waals surface area contributed by atoms with Gasteiger partial charge < -0.3 is 4.90 Å². The lowest BCUT2D eigenvalue weighted by atomic mass is 10.0. The summed E-state index contributed by atoms with van der Waals surface area (Å²) in [5.74, 6) is -1.73. The fraction of sp³-hybridized carbons (Fsp3) is 0.500. The van der Waals surface area contributed by atoms with Crippen LogP contribution in [0.5, 0.6) is 0 Å². The Kier molecular flexibility index (Phi) is 3.33. The predicted molar refractivity (Wildman–Crippen MR) is 71.3 cm³/mol. The second-order valence-corrected chi connectivity index (χ2v) is 6.59. The van der Waals surface area contributed by atoms with Crippen molar-refractivity contribution in [3.8, 4) is 0 Å². The molecule has 1 amide bonds. The van der Waals surface area contributed by atoms with Crippen LogP contribution in [-0.2, 0) is 0 Å². The van der Waals surface area contributed by atoms with Crippen LogP contribution in [0, 0.1) is 11.6 Å². The van der Waals surface area contributed by atoms with Crippen LogP contribution < -0.4 is 0 Å². The van der Waals surface area contributed by atoms with Crippen molar-refractivity contribution in [2.24, 2.45) is 0 Å². The zero-order chi connectivity index (χ0) is 13.6. The van der Waals surface area contributed by atoms with E-state index < -0.39 is 11.6 Å². The zero-order valence-electron chi connectivity index (χ0n) is 10.3. The largest absolute Gasteiger partial charge is 0.333 e. The molecule has 2 fully saturated rings. The highest BCUT2D eigenvalue weighted by Gasteiger charge is 2.43. The number of benzene rings is 1. The predicted octanol–water partition coefficient (Wildman–Crippen LogP) is 3.50. The lowest BCUT2D eigenvalue weighted by molar-refractivity contribution is 0.0598. The maximum atomic E-state index is 13.7. The van der Waals surface area contributed by atoms with Crippen molar-refractivity contribution >= 4 is 21.8 Å². The summed E-state index contributed by atoms with van der Waals surface area (Å²) in [7, 11) is 0. The molecule has 3 rings (SSSR count). The summed E-state index contributed by atoms with van der Waals surface area (Å²) in [5.41, 5.74) is -0.0219. The monoisotopic (exact) mass is 329 g/mol. The minimum atomic E-state index is -0.773. The van der Waals surface area contributed by atoms with Crippen molar-refractivity contribution in [3.63, 3.8) is 0 Å². The van der Waals surface area contributed by atoms with Gasteiger partial charge in [0.05, 0.1) is 5.56 Å². The fourth-order valence-corrected chi connectivity index (χ4v) is 4.11. The number of fused-ring (bicyclic) bond motifs is 2. The molecule has 2 atom stereocenters. The van der Waals surface area contributed by atoms with Crippen molar-refractivity contribution in [2.75, 3.05) is 0 Å². The lowest BCUT2D eigenvalue weighted by Crippen LogP contribution is -2.47. The van der Waals surface area contributed by atoms with E-state index in [1.807, 2.05) is 0 Å². The van der Waals surface area contributed by atoms with Crippen molar-refractivity contribution in [2.45, 2.75) is 42.6 Å². The maximum Gasteiger partial charge on any atom is 0.257 e. The van der Waals surface area contributed by atoms with Gasteiger partial charge in [-0.3, -0.25) is 4.79 Å². The van der Waals surface area contributed by atoms with E-state index >= 15 is 0 Å². The third-order valence-corrected chi connectivity index (χ3v) is 4.82. The second kappa shape index (κ2) is 4.85. The van der Waals surface area contributed by atoms with Crippen molar-refractivity contribution < 1.29 is 13.6 Å².